The van der Waals surface area contributed by atoms with Crippen molar-refractivity contribution >= 4 is 34.9 Å². The number of hydrogen-bond acceptors (Lipinski definition) is 7. The third-order valence-electron chi connectivity index (χ3n) is 2.85. The minimum atomic E-state index is -0.249. The van der Waals surface area contributed by atoms with Gasteiger partial charge in [-0.15, -0.1) is 5.10 Å². The summed E-state index contributed by atoms with van der Waals surface area (Å²) in [4.78, 5) is 20.4. The van der Waals surface area contributed by atoms with Crippen molar-refractivity contribution in [3.8, 4) is 11.3 Å². The zero-order chi connectivity index (χ0) is 15.4. The predicted molar refractivity (Wildman–Crippen MR) is 87.1 cm³/mol. The second-order valence-electron chi connectivity index (χ2n) is 4.28. The summed E-state index contributed by atoms with van der Waals surface area (Å²) in [5.41, 5.74) is 2.79. The molecule has 0 radical (unpaired) electrons. The van der Waals surface area contributed by atoms with Gasteiger partial charge in [-0.3, -0.25) is 4.79 Å². The smallest absolute Gasteiger partial charge is 0.258 e. The minimum Gasteiger partial charge on any atom is -0.322 e. The van der Waals surface area contributed by atoms with Gasteiger partial charge in [-0.05, 0) is 29.9 Å². The van der Waals surface area contributed by atoms with E-state index in [1.54, 1.807) is 0 Å². The van der Waals surface area contributed by atoms with Crippen molar-refractivity contribution in [3.05, 3.63) is 47.6 Å². The number of aromatic nitrogens is 4. The Hall–Kier alpha value is -2.32. The van der Waals surface area contributed by atoms with Crippen molar-refractivity contribution in [1.82, 2.24) is 19.6 Å². The van der Waals surface area contributed by atoms with Gasteiger partial charge in [-0.1, -0.05) is 28.4 Å². The van der Waals surface area contributed by atoms with E-state index < -0.39 is 0 Å². The molecule has 0 saturated carbocycles. The summed E-state index contributed by atoms with van der Waals surface area (Å²) in [6.45, 7) is 0. The molecule has 1 aromatic carbocycles. The second kappa shape index (κ2) is 6.63. The zero-order valence-electron chi connectivity index (χ0n) is 11.6. The fraction of sp³-hybridized carbons (Fsp3) is 0.0714. The summed E-state index contributed by atoms with van der Waals surface area (Å²) in [6, 6.07) is 7.45. The number of nitrogens with one attached hydrogen (secondary N) is 1. The van der Waals surface area contributed by atoms with Crippen LogP contribution in [0.3, 0.4) is 0 Å². The zero-order valence-corrected chi connectivity index (χ0v) is 13.2. The molecule has 0 saturated heterocycles. The molecule has 6 nitrogen and oxygen atoms in total. The number of nitrogens with zero attached hydrogens (tertiary/aromatic N) is 4. The fourth-order valence-electron chi connectivity index (χ4n) is 1.79. The predicted octanol–water partition coefficient (Wildman–Crippen LogP) is 2.97. The molecule has 3 aromatic rings. The highest BCUT2D eigenvalue weighted by Crippen LogP contribution is 2.21. The third-order valence-corrected chi connectivity index (χ3v) is 3.93. The number of rotatable bonds is 4. The molecule has 0 bridgehead atoms. The van der Waals surface area contributed by atoms with Gasteiger partial charge in [0.05, 0.1) is 5.56 Å². The molecule has 0 atom stereocenters. The first kappa shape index (κ1) is 14.6. The molecule has 0 unspecified atom stereocenters. The van der Waals surface area contributed by atoms with Crippen LogP contribution in [0.5, 0.6) is 0 Å². The van der Waals surface area contributed by atoms with E-state index in [2.05, 4.69) is 24.9 Å². The van der Waals surface area contributed by atoms with Crippen molar-refractivity contribution in [3.63, 3.8) is 0 Å². The quantitative estimate of drug-likeness (QED) is 0.585. The average Bonchev–Trinajstić information content (AvgIpc) is 3.10. The summed E-state index contributed by atoms with van der Waals surface area (Å²) in [5.74, 6) is -0.249. The van der Waals surface area contributed by atoms with Gasteiger partial charge in [-0.2, -0.15) is 0 Å². The highest BCUT2D eigenvalue weighted by atomic mass is 32.2. The number of amides is 1. The SMILES string of the molecule is CSc1ncc(C(=O)Nc2cccc(-c3csnn3)c2)cn1. The van der Waals surface area contributed by atoms with Crippen LogP contribution in [0.25, 0.3) is 11.3 Å². The van der Waals surface area contributed by atoms with Gasteiger partial charge >= 0.3 is 0 Å². The van der Waals surface area contributed by atoms with Crippen molar-refractivity contribution in [2.24, 2.45) is 0 Å². The van der Waals surface area contributed by atoms with Gasteiger partial charge in [0.2, 0.25) is 0 Å². The largest absolute Gasteiger partial charge is 0.322 e. The fourth-order valence-corrected chi connectivity index (χ4v) is 2.57. The van der Waals surface area contributed by atoms with E-state index in [4.69, 9.17) is 0 Å². The van der Waals surface area contributed by atoms with Crippen molar-refractivity contribution < 1.29 is 4.79 Å². The molecular formula is C14H11N5OS2. The van der Waals surface area contributed by atoms with Crippen molar-refractivity contribution in [2.45, 2.75) is 5.16 Å². The Morgan fingerprint density at radius 1 is 1.27 bits per heavy atom. The topological polar surface area (TPSA) is 80.7 Å². The first-order valence-corrected chi connectivity index (χ1v) is 8.37. The van der Waals surface area contributed by atoms with Crippen LogP contribution in [0, 0.1) is 0 Å². The second-order valence-corrected chi connectivity index (χ2v) is 5.67. The summed E-state index contributed by atoms with van der Waals surface area (Å²) >= 11 is 2.72. The number of hydrogen-bond donors (Lipinski definition) is 1. The number of carbonyl (C=O) groups is 1. The Kier molecular flexibility index (Phi) is 4.40. The maximum absolute atomic E-state index is 12.2. The first-order valence-electron chi connectivity index (χ1n) is 6.31. The van der Waals surface area contributed by atoms with E-state index in [9.17, 15) is 4.79 Å². The van der Waals surface area contributed by atoms with Crippen LogP contribution in [-0.2, 0) is 0 Å². The van der Waals surface area contributed by atoms with Gasteiger partial charge in [-0.25, -0.2) is 9.97 Å². The summed E-state index contributed by atoms with van der Waals surface area (Å²) in [7, 11) is 0. The van der Waals surface area contributed by atoms with E-state index in [1.807, 2.05) is 35.9 Å². The lowest BCUT2D eigenvalue weighted by Gasteiger charge is -2.06. The average molecular weight is 329 g/mol. The molecule has 0 aliphatic carbocycles. The number of carbonyl (C=O) groups excluding carboxylic acids is 1. The van der Waals surface area contributed by atoms with E-state index >= 15 is 0 Å². The molecule has 3 rings (SSSR count). The Balaban J connectivity index is 1.77. The van der Waals surface area contributed by atoms with E-state index in [0.29, 0.717) is 16.4 Å². The molecule has 8 heteroatoms. The van der Waals surface area contributed by atoms with Crippen LogP contribution in [0.15, 0.2) is 47.2 Å². The number of thioether (sulfide) groups is 1. The Bertz CT molecular complexity index is 774. The van der Waals surface area contributed by atoms with Crippen LogP contribution < -0.4 is 5.32 Å². The molecule has 0 fully saturated rings. The molecule has 0 aliphatic heterocycles. The van der Waals surface area contributed by atoms with Crippen LogP contribution in [0.4, 0.5) is 5.69 Å². The lowest BCUT2D eigenvalue weighted by molar-refractivity contribution is 0.102. The maximum atomic E-state index is 12.2. The van der Waals surface area contributed by atoms with Crippen molar-refractivity contribution in [1.29, 1.82) is 0 Å². The molecule has 22 heavy (non-hydrogen) atoms. The lowest BCUT2D eigenvalue weighted by Crippen LogP contribution is -2.12. The minimum absolute atomic E-state index is 0.249. The summed E-state index contributed by atoms with van der Waals surface area (Å²) in [6.07, 6.45) is 4.92. The number of anilines is 1. The highest BCUT2D eigenvalue weighted by Gasteiger charge is 2.09. The van der Waals surface area contributed by atoms with E-state index in [1.165, 1.54) is 35.7 Å². The van der Waals surface area contributed by atoms with E-state index in [-0.39, 0.29) is 5.91 Å². The third kappa shape index (κ3) is 3.29. The Morgan fingerprint density at radius 2 is 2.09 bits per heavy atom. The molecule has 0 spiro atoms. The normalized spacial score (nSPS) is 10.4. The summed E-state index contributed by atoms with van der Waals surface area (Å²) < 4.78 is 3.84. The molecule has 2 aromatic heterocycles. The maximum Gasteiger partial charge on any atom is 0.258 e. The van der Waals surface area contributed by atoms with Crippen LogP contribution in [0.2, 0.25) is 0 Å². The standard InChI is InChI=1S/C14H11N5OS2/c1-21-14-15-6-10(7-16-14)13(20)17-11-4-2-3-9(5-11)12-8-22-19-18-12/h2-8H,1H3,(H,17,20). The molecule has 1 N–H and O–H groups in total. The molecule has 110 valence electrons. The van der Waals surface area contributed by atoms with Crippen molar-refractivity contribution in [2.75, 3.05) is 11.6 Å². The lowest BCUT2D eigenvalue weighted by atomic mass is 10.1. The molecular weight excluding hydrogens is 318 g/mol. The van der Waals surface area contributed by atoms with Gasteiger partial charge < -0.3 is 5.32 Å². The first-order chi connectivity index (χ1) is 10.8. The van der Waals surface area contributed by atoms with Crippen LogP contribution >= 0.6 is 23.3 Å². The van der Waals surface area contributed by atoms with Gasteiger partial charge in [0, 0.05) is 29.0 Å². The summed E-state index contributed by atoms with van der Waals surface area (Å²) in [5, 5.41) is 9.34. The van der Waals surface area contributed by atoms with Crippen LogP contribution in [0.1, 0.15) is 10.4 Å². The highest BCUT2D eigenvalue weighted by molar-refractivity contribution is 7.98. The van der Waals surface area contributed by atoms with Gasteiger partial charge in [0.15, 0.2) is 5.16 Å². The van der Waals surface area contributed by atoms with Crippen LogP contribution in [-0.4, -0.2) is 31.7 Å². The number of benzene rings is 1. The van der Waals surface area contributed by atoms with Gasteiger partial charge in [0.1, 0.15) is 5.69 Å². The van der Waals surface area contributed by atoms with E-state index in [0.717, 1.165) is 11.3 Å². The Morgan fingerprint density at radius 3 is 2.77 bits per heavy atom. The Labute approximate surface area is 135 Å². The molecule has 2 heterocycles. The molecule has 1 amide bonds. The van der Waals surface area contributed by atoms with Gasteiger partial charge in [0.25, 0.3) is 5.91 Å². The monoisotopic (exact) mass is 329 g/mol. The molecule has 0 aliphatic rings.